The molecule has 0 saturated heterocycles. The first-order chi connectivity index (χ1) is 12.8. The van der Waals surface area contributed by atoms with Crippen LogP contribution < -0.4 is 15.0 Å². The smallest absolute Gasteiger partial charge is 0.306 e. The SMILES string of the molecule is O=C(CN1C(=O)COc2ccc([N+](=O)[O-])cc21)NC1CCC(C(=O)O)CC1. The Morgan fingerprint density at radius 2 is 2.00 bits per heavy atom. The van der Waals surface area contributed by atoms with Gasteiger partial charge >= 0.3 is 5.97 Å². The van der Waals surface area contributed by atoms with Gasteiger partial charge in [-0.2, -0.15) is 0 Å². The number of carboxylic acid groups (broad SMARTS) is 1. The van der Waals surface area contributed by atoms with Gasteiger partial charge in [-0.25, -0.2) is 0 Å². The van der Waals surface area contributed by atoms with Crippen molar-refractivity contribution in [3.05, 3.63) is 28.3 Å². The monoisotopic (exact) mass is 377 g/mol. The van der Waals surface area contributed by atoms with Gasteiger partial charge in [-0.15, -0.1) is 0 Å². The first kappa shape index (κ1) is 18.6. The van der Waals surface area contributed by atoms with Crippen LogP contribution in [0.15, 0.2) is 18.2 Å². The van der Waals surface area contributed by atoms with Crippen LogP contribution in [0.4, 0.5) is 11.4 Å². The molecule has 0 radical (unpaired) electrons. The van der Waals surface area contributed by atoms with Crippen LogP contribution in [-0.4, -0.2) is 47.0 Å². The third-order valence-electron chi connectivity index (χ3n) is 4.84. The van der Waals surface area contributed by atoms with Crippen molar-refractivity contribution in [3.63, 3.8) is 0 Å². The zero-order valence-corrected chi connectivity index (χ0v) is 14.4. The van der Waals surface area contributed by atoms with E-state index in [1.165, 1.54) is 23.1 Å². The predicted octanol–water partition coefficient (Wildman–Crippen LogP) is 1.08. The summed E-state index contributed by atoms with van der Waals surface area (Å²) in [5.74, 6) is -1.77. The number of fused-ring (bicyclic) bond motifs is 1. The number of non-ortho nitro benzene ring substituents is 1. The molecule has 10 nitrogen and oxygen atoms in total. The molecule has 10 heteroatoms. The first-order valence-electron chi connectivity index (χ1n) is 8.59. The number of nitrogens with one attached hydrogen (secondary N) is 1. The Morgan fingerprint density at radius 1 is 1.30 bits per heavy atom. The summed E-state index contributed by atoms with van der Waals surface area (Å²) < 4.78 is 5.27. The highest BCUT2D eigenvalue weighted by molar-refractivity contribution is 6.02. The predicted molar refractivity (Wildman–Crippen MR) is 92.5 cm³/mol. The summed E-state index contributed by atoms with van der Waals surface area (Å²) in [5.41, 5.74) is -0.0189. The second kappa shape index (κ2) is 7.60. The molecule has 0 unspecified atom stereocenters. The Labute approximate surface area is 154 Å². The van der Waals surface area contributed by atoms with Gasteiger partial charge in [-0.05, 0) is 31.7 Å². The molecular formula is C17H19N3O7. The molecule has 1 aliphatic carbocycles. The molecule has 3 rings (SSSR count). The van der Waals surface area contributed by atoms with Crippen molar-refractivity contribution < 1.29 is 29.2 Å². The number of carboxylic acids is 1. The topological polar surface area (TPSA) is 139 Å². The molecule has 1 aliphatic heterocycles. The molecule has 0 bridgehead atoms. The van der Waals surface area contributed by atoms with Gasteiger partial charge in [0.25, 0.3) is 11.6 Å². The lowest BCUT2D eigenvalue weighted by Crippen LogP contribution is -2.48. The van der Waals surface area contributed by atoms with Crippen LogP contribution in [-0.2, 0) is 14.4 Å². The van der Waals surface area contributed by atoms with Crippen molar-refractivity contribution in [2.24, 2.45) is 5.92 Å². The third-order valence-corrected chi connectivity index (χ3v) is 4.84. The maximum Gasteiger partial charge on any atom is 0.306 e. The molecule has 2 aliphatic rings. The number of rotatable bonds is 5. The molecule has 1 aromatic carbocycles. The van der Waals surface area contributed by atoms with Crippen LogP contribution in [0.25, 0.3) is 0 Å². The van der Waals surface area contributed by atoms with E-state index < -0.39 is 22.7 Å². The standard InChI is InChI=1S/C17H19N3O7/c21-15(18-11-3-1-10(2-4-11)17(23)24)8-19-13-7-12(20(25)26)5-6-14(13)27-9-16(19)22/h5-7,10-11H,1-4,8-9H2,(H,18,21)(H,23,24). The third kappa shape index (κ3) is 4.15. The molecule has 2 N–H and O–H groups in total. The number of benzene rings is 1. The Morgan fingerprint density at radius 3 is 2.63 bits per heavy atom. The lowest BCUT2D eigenvalue weighted by molar-refractivity contribution is -0.384. The number of hydrogen-bond donors (Lipinski definition) is 2. The van der Waals surface area contributed by atoms with Crippen molar-refractivity contribution in [3.8, 4) is 5.75 Å². The van der Waals surface area contributed by atoms with Gasteiger partial charge in [-0.3, -0.25) is 29.4 Å². The number of aliphatic carboxylic acids is 1. The molecule has 0 spiro atoms. The molecule has 27 heavy (non-hydrogen) atoms. The second-order valence-electron chi connectivity index (χ2n) is 6.63. The largest absolute Gasteiger partial charge is 0.482 e. The van der Waals surface area contributed by atoms with E-state index in [-0.39, 0.29) is 36.5 Å². The van der Waals surface area contributed by atoms with Crippen molar-refractivity contribution in [1.29, 1.82) is 0 Å². The number of anilines is 1. The highest BCUT2D eigenvalue weighted by Gasteiger charge is 2.31. The molecule has 0 aromatic heterocycles. The van der Waals surface area contributed by atoms with Crippen molar-refractivity contribution in [2.75, 3.05) is 18.1 Å². The lowest BCUT2D eigenvalue weighted by atomic mass is 9.86. The summed E-state index contributed by atoms with van der Waals surface area (Å²) in [6.45, 7) is -0.531. The Balaban J connectivity index is 1.66. The Kier molecular flexibility index (Phi) is 5.24. The fourth-order valence-corrected chi connectivity index (χ4v) is 3.38. The van der Waals surface area contributed by atoms with Crippen LogP contribution in [0.2, 0.25) is 0 Å². The highest BCUT2D eigenvalue weighted by Crippen LogP contribution is 2.35. The van der Waals surface area contributed by atoms with Gasteiger partial charge in [0, 0.05) is 18.2 Å². The van der Waals surface area contributed by atoms with Gasteiger partial charge < -0.3 is 15.2 Å². The minimum atomic E-state index is -0.822. The zero-order chi connectivity index (χ0) is 19.6. The van der Waals surface area contributed by atoms with E-state index in [1.54, 1.807) is 0 Å². The zero-order valence-electron chi connectivity index (χ0n) is 14.4. The van der Waals surface area contributed by atoms with Crippen LogP contribution >= 0.6 is 0 Å². The number of hydrogen-bond acceptors (Lipinski definition) is 6. The fourth-order valence-electron chi connectivity index (χ4n) is 3.38. The summed E-state index contributed by atoms with van der Waals surface area (Å²) in [7, 11) is 0. The van der Waals surface area contributed by atoms with Crippen LogP contribution in [0.5, 0.6) is 5.75 Å². The van der Waals surface area contributed by atoms with Crippen molar-refractivity contribution in [1.82, 2.24) is 5.32 Å². The Bertz CT molecular complexity index is 787. The van der Waals surface area contributed by atoms with Crippen LogP contribution in [0.1, 0.15) is 25.7 Å². The van der Waals surface area contributed by atoms with E-state index in [1.807, 2.05) is 0 Å². The van der Waals surface area contributed by atoms with Crippen molar-refractivity contribution >= 4 is 29.2 Å². The van der Waals surface area contributed by atoms with E-state index in [4.69, 9.17) is 9.84 Å². The molecule has 1 fully saturated rings. The number of nitrogens with zero attached hydrogens (tertiary/aromatic N) is 2. The number of carbonyl (C=O) groups excluding carboxylic acids is 2. The van der Waals surface area contributed by atoms with E-state index in [9.17, 15) is 24.5 Å². The summed E-state index contributed by atoms with van der Waals surface area (Å²) in [5, 5.41) is 22.8. The number of nitro groups is 1. The second-order valence-corrected chi connectivity index (χ2v) is 6.63. The summed E-state index contributed by atoms with van der Waals surface area (Å²) in [6.07, 6.45) is 2.10. The summed E-state index contributed by atoms with van der Waals surface area (Å²) in [4.78, 5) is 47.1. The van der Waals surface area contributed by atoms with Crippen molar-refractivity contribution in [2.45, 2.75) is 31.7 Å². The average Bonchev–Trinajstić information content (AvgIpc) is 2.64. The molecule has 1 aromatic rings. The van der Waals surface area contributed by atoms with E-state index >= 15 is 0 Å². The van der Waals surface area contributed by atoms with Gasteiger partial charge in [0.1, 0.15) is 12.3 Å². The number of amides is 2. The molecule has 0 atom stereocenters. The van der Waals surface area contributed by atoms with Crippen LogP contribution in [0.3, 0.4) is 0 Å². The van der Waals surface area contributed by atoms with E-state index in [0.29, 0.717) is 31.4 Å². The molecular weight excluding hydrogens is 358 g/mol. The normalized spacial score (nSPS) is 21.8. The summed E-state index contributed by atoms with van der Waals surface area (Å²) >= 11 is 0. The summed E-state index contributed by atoms with van der Waals surface area (Å²) in [6, 6.07) is 3.73. The molecule has 1 saturated carbocycles. The van der Waals surface area contributed by atoms with Gasteiger partial charge in [-0.1, -0.05) is 0 Å². The maximum absolute atomic E-state index is 12.4. The fraction of sp³-hybridized carbons (Fsp3) is 0.471. The number of carbonyl (C=O) groups is 3. The number of nitro benzene ring substituents is 1. The Hall–Kier alpha value is -3.17. The minimum absolute atomic E-state index is 0.145. The molecule has 2 amide bonds. The van der Waals surface area contributed by atoms with Crippen LogP contribution in [0, 0.1) is 16.0 Å². The lowest BCUT2D eigenvalue weighted by Gasteiger charge is -2.30. The van der Waals surface area contributed by atoms with E-state index in [0.717, 1.165) is 0 Å². The minimum Gasteiger partial charge on any atom is -0.482 e. The highest BCUT2D eigenvalue weighted by atomic mass is 16.6. The molecule has 1 heterocycles. The number of ether oxygens (including phenoxy) is 1. The van der Waals surface area contributed by atoms with Gasteiger partial charge in [0.2, 0.25) is 5.91 Å². The van der Waals surface area contributed by atoms with E-state index in [2.05, 4.69) is 5.32 Å². The molecule has 144 valence electrons. The van der Waals surface area contributed by atoms with Gasteiger partial charge in [0.15, 0.2) is 6.61 Å². The van der Waals surface area contributed by atoms with Gasteiger partial charge in [0.05, 0.1) is 16.5 Å². The maximum atomic E-state index is 12.4. The average molecular weight is 377 g/mol. The first-order valence-corrected chi connectivity index (χ1v) is 8.59. The quantitative estimate of drug-likeness (QED) is 0.578.